The topological polar surface area (TPSA) is 52.7 Å². The molecule has 0 aliphatic carbocycles. The van der Waals surface area contributed by atoms with Crippen molar-refractivity contribution in [3.8, 4) is 0 Å². The zero-order chi connectivity index (χ0) is 13.8. The minimum Gasteiger partial charge on any atom is -0.318 e. The summed E-state index contributed by atoms with van der Waals surface area (Å²) >= 11 is 0. The predicted molar refractivity (Wildman–Crippen MR) is 65.8 cm³/mol. The van der Waals surface area contributed by atoms with Crippen molar-refractivity contribution in [2.75, 3.05) is 33.7 Å². The maximum atomic E-state index is 12.3. The van der Waals surface area contributed by atoms with Crippen LogP contribution in [0.15, 0.2) is 0 Å². The lowest BCUT2D eigenvalue weighted by Crippen LogP contribution is -2.53. The van der Waals surface area contributed by atoms with Crippen molar-refractivity contribution >= 4 is 10.2 Å². The molecule has 1 atom stereocenters. The average molecular weight is 285 g/mol. The predicted octanol–water partition coefficient (Wildman–Crippen LogP) is 0.502. The van der Waals surface area contributed by atoms with Crippen LogP contribution >= 0.6 is 0 Å². The molecule has 1 N–H and O–H groups in total. The maximum Gasteiger partial charge on any atom is 0.282 e. The first kappa shape index (κ1) is 15.7. The van der Waals surface area contributed by atoms with Crippen molar-refractivity contribution in [2.24, 2.45) is 0 Å². The highest BCUT2D eigenvalue weighted by Crippen LogP contribution is 2.22. The van der Waals surface area contributed by atoms with Gasteiger partial charge in [-0.05, 0) is 19.9 Å². The van der Waals surface area contributed by atoms with E-state index in [2.05, 4.69) is 5.32 Å². The van der Waals surface area contributed by atoms with Gasteiger partial charge in [0.15, 0.2) is 0 Å². The molecular formula is C10H21F2N3O2S. The molecule has 0 saturated carbocycles. The van der Waals surface area contributed by atoms with Crippen LogP contribution in [0.2, 0.25) is 0 Å². The van der Waals surface area contributed by atoms with Crippen molar-refractivity contribution < 1.29 is 17.2 Å². The van der Waals surface area contributed by atoms with Gasteiger partial charge in [0.25, 0.3) is 16.6 Å². The van der Waals surface area contributed by atoms with E-state index in [9.17, 15) is 17.2 Å². The minimum atomic E-state index is -3.78. The molecule has 0 aromatic carbocycles. The van der Waals surface area contributed by atoms with Crippen LogP contribution in [0, 0.1) is 0 Å². The molecule has 1 unspecified atom stereocenters. The second kappa shape index (κ2) is 6.74. The third kappa shape index (κ3) is 3.84. The lowest BCUT2D eigenvalue weighted by Gasteiger charge is -2.36. The molecule has 1 aliphatic heterocycles. The van der Waals surface area contributed by atoms with Gasteiger partial charge in [-0.2, -0.15) is 17.0 Å². The first-order valence-electron chi connectivity index (χ1n) is 6.05. The molecule has 5 nitrogen and oxygen atoms in total. The lowest BCUT2D eigenvalue weighted by atomic mass is 10.1. The van der Waals surface area contributed by atoms with Gasteiger partial charge in [0.1, 0.15) is 0 Å². The molecule has 1 fully saturated rings. The fraction of sp³-hybridized carbons (Fsp3) is 1.00. The Bertz CT molecular complexity index is 349. The second-order valence-corrected chi connectivity index (χ2v) is 6.49. The fourth-order valence-electron chi connectivity index (χ4n) is 2.18. The van der Waals surface area contributed by atoms with E-state index in [4.69, 9.17) is 0 Å². The molecule has 0 bridgehead atoms. The molecular weight excluding hydrogens is 264 g/mol. The average Bonchev–Trinajstić information content (AvgIpc) is 2.29. The highest BCUT2D eigenvalue weighted by Gasteiger charge is 2.35. The van der Waals surface area contributed by atoms with E-state index in [1.807, 2.05) is 0 Å². The molecule has 0 radical (unpaired) electrons. The van der Waals surface area contributed by atoms with Crippen LogP contribution in [0.1, 0.15) is 19.3 Å². The van der Waals surface area contributed by atoms with E-state index in [1.54, 1.807) is 7.05 Å². The van der Waals surface area contributed by atoms with E-state index in [0.29, 0.717) is 13.1 Å². The number of alkyl halides is 2. The number of hydrogen-bond donors (Lipinski definition) is 1. The van der Waals surface area contributed by atoms with Crippen molar-refractivity contribution in [1.29, 1.82) is 0 Å². The van der Waals surface area contributed by atoms with Gasteiger partial charge in [-0.3, -0.25) is 0 Å². The molecule has 0 aromatic heterocycles. The Kier molecular flexibility index (Phi) is 5.90. The Morgan fingerprint density at radius 1 is 1.44 bits per heavy atom. The maximum absolute atomic E-state index is 12.3. The van der Waals surface area contributed by atoms with Gasteiger partial charge in [-0.15, -0.1) is 0 Å². The van der Waals surface area contributed by atoms with Gasteiger partial charge in [0.2, 0.25) is 0 Å². The molecule has 1 aliphatic rings. The summed E-state index contributed by atoms with van der Waals surface area (Å²) in [6, 6.07) is -0.145. The number of nitrogens with zero attached hydrogens (tertiary/aromatic N) is 2. The van der Waals surface area contributed by atoms with Crippen LogP contribution in [-0.4, -0.2) is 63.2 Å². The van der Waals surface area contributed by atoms with Gasteiger partial charge in [0.05, 0.1) is 6.54 Å². The zero-order valence-electron chi connectivity index (χ0n) is 10.8. The molecule has 1 rings (SSSR count). The largest absolute Gasteiger partial charge is 0.318 e. The lowest BCUT2D eigenvalue weighted by molar-refractivity contribution is 0.121. The first-order valence-corrected chi connectivity index (χ1v) is 7.45. The molecule has 0 spiro atoms. The van der Waals surface area contributed by atoms with E-state index >= 15 is 0 Å². The molecule has 108 valence electrons. The quantitative estimate of drug-likeness (QED) is 0.773. The number of rotatable bonds is 6. The fourth-order valence-corrected chi connectivity index (χ4v) is 3.76. The summed E-state index contributed by atoms with van der Waals surface area (Å²) in [6.07, 6.45) is -0.140. The number of hydrogen-bond acceptors (Lipinski definition) is 3. The van der Waals surface area contributed by atoms with Gasteiger partial charge in [0, 0.05) is 26.2 Å². The summed E-state index contributed by atoms with van der Waals surface area (Å²) < 4.78 is 51.1. The SMILES string of the molecule is CNCC1CCCCN1S(=O)(=O)N(C)CC(F)F. The highest BCUT2D eigenvalue weighted by atomic mass is 32.2. The Hall–Kier alpha value is -0.310. The smallest absolute Gasteiger partial charge is 0.282 e. The van der Waals surface area contributed by atoms with Crippen LogP contribution in [0.25, 0.3) is 0 Å². The zero-order valence-corrected chi connectivity index (χ0v) is 11.6. The van der Waals surface area contributed by atoms with Gasteiger partial charge in [-0.1, -0.05) is 6.42 Å². The van der Waals surface area contributed by atoms with Crippen LogP contribution in [-0.2, 0) is 10.2 Å². The van der Waals surface area contributed by atoms with E-state index in [-0.39, 0.29) is 6.04 Å². The standard InChI is InChI=1S/C10H21F2N3O2S/c1-13-7-9-5-3-4-6-15(9)18(16,17)14(2)8-10(11)12/h9-10,13H,3-8H2,1-2H3. The van der Waals surface area contributed by atoms with Crippen LogP contribution in [0.4, 0.5) is 8.78 Å². The molecule has 0 amide bonds. The Morgan fingerprint density at radius 3 is 2.67 bits per heavy atom. The number of nitrogens with one attached hydrogen (secondary N) is 1. The normalized spacial score (nSPS) is 22.9. The van der Waals surface area contributed by atoms with Crippen LogP contribution in [0.3, 0.4) is 0 Å². The summed E-state index contributed by atoms with van der Waals surface area (Å²) in [5.41, 5.74) is 0. The first-order chi connectivity index (χ1) is 8.39. The number of likely N-dealkylation sites (N-methyl/N-ethyl adjacent to an activating group) is 1. The molecule has 1 heterocycles. The summed E-state index contributed by atoms with van der Waals surface area (Å²) in [5, 5.41) is 2.95. The van der Waals surface area contributed by atoms with E-state index in [1.165, 1.54) is 11.4 Å². The monoisotopic (exact) mass is 285 g/mol. The summed E-state index contributed by atoms with van der Waals surface area (Å²) in [7, 11) is -0.829. The minimum absolute atomic E-state index is 0.145. The van der Waals surface area contributed by atoms with Crippen molar-refractivity contribution in [3.63, 3.8) is 0 Å². The van der Waals surface area contributed by atoms with Crippen LogP contribution in [0.5, 0.6) is 0 Å². The Morgan fingerprint density at radius 2 is 2.11 bits per heavy atom. The molecule has 18 heavy (non-hydrogen) atoms. The summed E-state index contributed by atoms with van der Waals surface area (Å²) in [6.45, 7) is 0.190. The highest BCUT2D eigenvalue weighted by molar-refractivity contribution is 7.86. The van der Waals surface area contributed by atoms with E-state index < -0.39 is 23.2 Å². The van der Waals surface area contributed by atoms with Crippen molar-refractivity contribution in [3.05, 3.63) is 0 Å². The summed E-state index contributed by atoms with van der Waals surface area (Å²) in [5.74, 6) is 0. The molecule has 8 heteroatoms. The van der Waals surface area contributed by atoms with Crippen molar-refractivity contribution in [1.82, 2.24) is 13.9 Å². The number of piperidine rings is 1. The molecule has 0 aromatic rings. The Labute approximate surface area is 107 Å². The molecule has 1 saturated heterocycles. The van der Waals surface area contributed by atoms with Gasteiger partial charge in [-0.25, -0.2) is 8.78 Å². The third-order valence-electron chi connectivity index (χ3n) is 3.10. The summed E-state index contributed by atoms with van der Waals surface area (Å²) in [4.78, 5) is 0. The third-order valence-corrected chi connectivity index (χ3v) is 5.11. The van der Waals surface area contributed by atoms with Gasteiger partial charge < -0.3 is 5.32 Å². The second-order valence-electron chi connectivity index (χ2n) is 4.50. The van der Waals surface area contributed by atoms with Gasteiger partial charge >= 0.3 is 0 Å². The van der Waals surface area contributed by atoms with Crippen LogP contribution < -0.4 is 5.32 Å². The number of halogens is 2. The Balaban J connectivity index is 2.80. The van der Waals surface area contributed by atoms with Crippen molar-refractivity contribution in [2.45, 2.75) is 31.7 Å². The van der Waals surface area contributed by atoms with E-state index in [0.717, 1.165) is 23.6 Å².